The minimum absolute atomic E-state index is 0.175. The number of benzene rings is 1. The van der Waals surface area contributed by atoms with Crippen molar-refractivity contribution in [3.8, 4) is 0 Å². The molecule has 1 aromatic heterocycles. The summed E-state index contributed by atoms with van der Waals surface area (Å²) in [6.45, 7) is 3.99. The molecule has 0 aliphatic carbocycles. The van der Waals surface area contributed by atoms with Gasteiger partial charge in [0.2, 0.25) is 0 Å². The molecular weight excluding hydrogens is 200 g/mol. The molecule has 0 aliphatic rings. The molecule has 1 aromatic carbocycles. The Morgan fingerprint density at radius 2 is 2.12 bits per heavy atom. The Bertz CT molecular complexity index is 534. The number of carbonyl (C=O) groups is 1. The molecule has 0 saturated carbocycles. The van der Waals surface area contributed by atoms with Crippen LogP contribution in [0.15, 0.2) is 49.2 Å². The maximum Gasteiger partial charge on any atom is 0.270 e. The highest BCUT2D eigenvalue weighted by atomic mass is 16.1. The fourth-order valence-electron chi connectivity index (χ4n) is 1.46. The predicted molar refractivity (Wildman–Crippen MR) is 64.3 cm³/mol. The standard InChI is InChI=1S/C13H12N2O/c1-2-7-14-13(16)12-8-10-5-3-4-6-11(10)9-15-12/h2-6,8-9H,1,7H2,(H,14,16). The van der Waals surface area contributed by atoms with E-state index in [1.165, 1.54) is 0 Å². The number of amides is 1. The lowest BCUT2D eigenvalue weighted by Crippen LogP contribution is -2.24. The molecule has 2 aromatic rings. The third kappa shape index (κ3) is 2.08. The van der Waals surface area contributed by atoms with Gasteiger partial charge < -0.3 is 5.32 Å². The van der Waals surface area contributed by atoms with Crippen LogP contribution in [-0.4, -0.2) is 17.4 Å². The first-order chi connectivity index (χ1) is 7.81. The van der Waals surface area contributed by atoms with E-state index >= 15 is 0 Å². The first-order valence-electron chi connectivity index (χ1n) is 5.05. The normalized spacial score (nSPS) is 10.0. The van der Waals surface area contributed by atoms with Crippen molar-refractivity contribution >= 4 is 16.7 Å². The summed E-state index contributed by atoms with van der Waals surface area (Å²) in [7, 11) is 0. The van der Waals surface area contributed by atoms with Crippen LogP contribution in [-0.2, 0) is 0 Å². The first-order valence-corrected chi connectivity index (χ1v) is 5.05. The topological polar surface area (TPSA) is 42.0 Å². The van der Waals surface area contributed by atoms with Crippen molar-refractivity contribution in [3.63, 3.8) is 0 Å². The highest BCUT2D eigenvalue weighted by Crippen LogP contribution is 2.13. The lowest BCUT2D eigenvalue weighted by Gasteiger charge is -2.02. The minimum Gasteiger partial charge on any atom is -0.347 e. The van der Waals surface area contributed by atoms with Gasteiger partial charge in [0, 0.05) is 18.1 Å². The van der Waals surface area contributed by atoms with Gasteiger partial charge in [0.05, 0.1) is 0 Å². The Balaban J connectivity index is 2.32. The van der Waals surface area contributed by atoms with Gasteiger partial charge in [-0.25, -0.2) is 0 Å². The van der Waals surface area contributed by atoms with Crippen molar-refractivity contribution in [2.24, 2.45) is 0 Å². The third-order valence-electron chi connectivity index (χ3n) is 2.27. The van der Waals surface area contributed by atoms with E-state index in [9.17, 15) is 4.79 Å². The molecular formula is C13H12N2O. The van der Waals surface area contributed by atoms with Crippen LogP contribution in [0.5, 0.6) is 0 Å². The molecule has 3 heteroatoms. The van der Waals surface area contributed by atoms with Crippen LogP contribution in [0.25, 0.3) is 10.8 Å². The van der Waals surface area contributed by atoms with Gasteiger partial charge in [0.25, 0.3) is 5.91 Å². The maximum atomic E-state index is 11.6. The molecule has 0 saturated heterocycles. The molecule has 2 rings (SSSR count). The van der Waals surface area contributed by atoms with E-state index < -0.39 is 0 Å². The molecule has 1 N–H and O–H groups in total. The quantitative estimate of drug-likeness (QED) is 0.792. The van der Waals surface area contributed by atoms with E-state index in [0.29, 0.717) is 12.2 Å². The molecule has 80 valence electrons. The summed E-state index contributed by atoms with van der Waals surface area (Å²) in [6, 6.07) is 9.60. The lowest BCUT2D eigenvalue weighted by molar-refractivity contribution is 0.0953. The first kappa shape index (κ1) is 10.4. The predicted octanol–water partition coefficient (Wildman–Crippen LogP) is 2.15. The lowest BCUT2D eigenvalue weighted by atomic mass is 10.1. The number of rotatable bonds is 3. The number of nitrogens with one attached hydrogen (secondary N) is 1. The van der Waals surface area contributed by atoms with Crippen LogP contribution in [0.1, 0.15) is 10.5 Å². The molecule has 0 bridgehead atoms. The zero-order chi connectivity index (χ0) is 11.4. The van der Waals surface area contributed by atoms with Gasteiger partial charge in [-0.3, -0.25) is 9.78 Å². The molecule has 3 nitrogen and oxygen atoms in total. The van der Waals surface area contributed by atoms with Crippen molar-refractivity contribution in [3.05, 3.63) is 54.9 Å². The van der Waals surface area contributed by atoms with Gasteiger partial charge in [0.15, 0.2) is 0 Å². The Hall–Kier alpha value is -2.16. The van der Waals surface area contributed by atoms with Crippen LogP contribution in [0, 0.1) is 0 Å². The molecule has 1 amide bonds. The van der Waals surface area contributed by atoms with Crippen molar-refractivity contribution in [2.75, 3.05) is 6.54 Å². The highest BCUT2D eigenvalue weighted by molar-refractivity contribution is 5.96. The zero-order valence-corrected chi connectivity index (χ0v) is 8.81. The maximum absolute atomic E-state index is 11.6. The molecule has 1 heterocycles. The molecule has 0 unspecified atom stereocenters. The van der Waals surface area contributed by atoms with E-state index in [0.717, 1.165) is 10.8 Å². The van der Waals surface area contributed by atoms with E-state index in [1.54, 1.807) is 18.3 Å². The van der Waals surface area contributed by atoms with E-state index in [1.807, 2.05) is 24.3 Å². The zero-order valence-electron chi connectivity index (χ0n) is 8.81. The number of fused-ring (bicyclic) bond motifs is 1. The van der Waals surface area contributed by atoms with Gasteiger partial charge in [-0.05, 0) is 11.5 Å². The van der Waals surface area contributed by atoms with Crippen LogP contribution in [0.3, 0.4) is 0 Å². The summed E-state index contributed by atoms with van der Waals surface area (Å²) in [5.41, 5.74) is 0.431. The van der Waals surface area contributed by atoms with Gasteiger partial charge >= 0.3 is 0 Å². The molecule has 0 spiro atoms. The Labute approximate surface area is 93.8 Å². The number of carbonyl (C=O) groups excluding carboxylic acids is 1. The number of hydrogen-bond acceptors (Lipinski definition) is 2. The number of pyridine rings is 1. The van der Waals surface area contributed by atoms with Crippen LogP contribution < -0.4 is 5.32 Å². The van der Waals surface area contributed by atoms with Gasteiger partial charge in [-0.1, -0.05) is 30.3 Å². The van der Waals surface area contributed by atoms with Gasteiger partial charge in [0.1, 0.15) is 5.69 Å². The summed E-state index contributed by atoms with van der Waals surface area (Å²) in [5.74, 6) is -0.175. The highest BCUT2D eigenvalue weighted by Gasteiger charge is 2.05. The van der Waals surface area contributed by atoms with Crippen molar-refractivity contribution in [1.29, 1.82) is 0 Å². The van der Waals surface area contributed by atoms with E-state index in [-0.39, 0.29) is 5.91 Å². The fraction of sp³-hybridized carbons (Fsp3) is 0.0769. The van der Waals surface area contributed by atoms with E-state index in [4.69, 9.17) is 0 Å². The smallest absolute Gasteiger partial charge is 0.270 e. The summed E-state index contributed by atoms with van der Waals surface area (Å²) < 4.78 is 0. The number of hydrogen-bond donors (Lipinski definition) is 1. The van der Waals surface area contributed by atoms with E-state index in [2.05, 4.69) is 16.9 Å². The average Bonchev–Trinajstić information content (AvgIpc) is 2.35. The molecule has 0 aliphatic heterocycles. The van der Waals surface area contributed by atoms with Crippen LogP contribution in [0.4, 0.5) is 0 Å². The SMILES string of the molecule is C=CCNC(=O)c1cc2ccccc2cn1. The average molecular weight is 212 g/mol. The number of aromatic nitrogens is 1. The molecule has 0 fully saturated rings. The van der Waals surface area contributed by atoms with Gasteiger partial charge in [-0.15, -0.1) is 6.58 Å². The third-order valence-corrected chi connectivity index (χ3v) is 2.27. The summed E-state index contributed by atoms with van der Waals surface area (Å²) >= 11 is 0. The monoisotopic (exact) mass is 212 g/mol. The summed E-state index contributed by atoms with van der Waals surface area (Å²) in [5, 5.41) is 4.74. The summed E-state index contributed by atoms with van der Waals surface area (Å²) in [6.07, 6.45) is 3.34. The van der Waals surface area contributed by atoms with Gasteiger partial charge in [-0.2, -0.15) is 0 Å². The largest absolute Gasteiger partial charge is 0.347 e. The van der Waals surface area contributed by atoms with Crippen LogP contribution in [0.2, 0.25) is 0 Å². The molecule has 16 heavy (non-hydrogen) atoms. The Morgan fingerprint density at radius 3 is 2.88 bits per heavy atom. The summed E-state index contributed by atoms with van der Waals surface area (Å²) in [4.78, 5) is 15.7. The number of nitrogens with zero attached hydrogens (tertiary/aromatic N) is 1. The second-order valence-corrected chi connectivity index (χ2v) is 3.42. The molecule has 0 atom stereocenters. The van der Waals surface area contributed by atoms with Crippen molar-refractivity contribution in [1.82, 2.24) is 10.3 Å². The fourth-order valence-corrected chi connectivity index (χ4v) is 1.46. The van der Waals surface area contributed by atoms with Crippen molar-refractivity contribution < 1.29 is 4.79 Å². The second kappa shape index (κ2) is 4.57. The Morgan fingerprint density at radius 1 is 1.38 bits per heavy atom. The minimum atomic E-state index is -0.175. The Kier molecular flexibility index (Phi) is 2.96. The second-order valence-electron chi connectivity index (χ2n) is 3.42. The van der Waals surface area contributed by atoms with Crippen molar-refractivity contribution in [2.45, 2.75) is 0 Å². The molecule has 0 radical (unpaired) electrons. The van der Waals surface area contributed by atoms with Crippen LogP contribution >= 0.6 is 0 Å².